The van der Waals surface area contributed by atoms with Crippen LogP contribution in [0.2, 0.25) is 4.34 Å². The molecule has 1 heterocycles. The Bertz CT molecular complexity index is 718. The van der Waals surface area contributed by atoms with Crippen LogP contribution in [-0.4, -0.2) is 23.6 Å². The molecule has 1 aromatic heterocycles. The first-order valence-electron chi connectivity index (χ1n) is 6.85. The summed E-state index contributed by atoms with van der Waals surface area (Å²) in [6.45, 7) is 3.55. The zero-order chi connectivity index (χ0) is 17.0. The fraction of sp³-hybridized carbons (Fsp3) is 0.250. The number of carbonyl (C=O) groups is 2. The summed E-state index contributed by atoms with van der Waals surface area (Å²) in [5.41, 5.74) is 1.94. The van der Waals surface area contributed by atoms with Crippen molar-refractivity contribution in [2.24, 2.45) is 0 Å². The van der Waals surface area contributed by atoms with Crippen LogP contribution in [-0.2, 0) is 11.3 Å². The number of amides is 1. The van der Waals surface area contributed by atoms with Gasteiger partial charge in [-0.15, -0.1) is 11.3 Å². The van der Waals surface area contributed by atoms with Crippen molar-refractivity contribution in [3.63, 3.8) is 0 Å². The molecule has 0 aliphatic heterocycles. The number of carbonyl (C=O) groups excluding carboxylic acids is 1. The second-order valence-corrected chi connectivity index (χ2v) is 6.81. The number of thiophene rings is 1. The van der Waals surface area contributed by atoms with E-state index in [-0.39, 0.29) is 5.91 Å². The molecule has 0 bridgehead atoms. The van der Waals surface area contributed by atoms with Gasteiger partial charge in [-0.1, -0.05) is 11.6 Å². The summed E-state index contributed by atoms with van der Waals surface area (Å²) >= 11 is 7.27. The largest absolute Gasteiger partial charge is 0.481 e. The summed E-state index contributed by atoms with van der Waals surface area (Å²) in [5.74, 6) is -0.750. The van der Waals surface area contributed by atoms with Crippen LogP contribution in [0.4, 0.5) is 0 Å². The van der Waals surface area contributed by atoms with Gasteiger partial charge in [0.25, 0.3) is 5.91 Å². The van der Waals surface area contributed by atoms with E-state index in [4.69, 9.17) is 21.4 Å². The van der Waals surface area contributed by atoms with Gasteiger partial charge >= 0.3 is 5.97 Å². The van der Waals surface area contributed by atoms with Gasteiger partial charge in [-0.05, 0) is 49.2 Å². The predicted octanol–water partition coefficient (Wildman–Crippen LogP) is 3.41. The van der Waals surface area contributed by atoms with E-state index >= 15 is 0 Å². The van der Waals surface area contributed by atoms with Crippen molar-refractivity contribution in [2.75, 3.05) is 6.61 Å². The standard InChI is InChI=1S/C16H16ClNO4S/c1-9-5-11(6-10(2)15(9)22-8-14(19)20)16(21)18-7-12-3-4-13(17)23-12/h3-6H,7-8H2,1-2H3,(H,18,21)(H,19,20). The van der Waals surface area contributed by atoms with E-state index in [9.17, 15) is 9.59 Å². The van der Waals surface area contributed by atoms with Gasteiger partial charge in [-0.3, -0.25) is 4.79 Å². The van der Waals surface area contributed by atoms with Crippen LogP contribution in [0.5, 0.6) is 5.75 Å². The van der Waals surface area contributed by atoms with Crippen molar-refractivity contribution in [1.29, 1.82) is 0 Å². The maximum Gasteiger partial charge on any atom is 0.341 e. The summed E-state index contributed by atoms with van der Waals surface area (Å²) < 4.78 is 5.93. The molecule has 0 unspecified atom stereocenters. The van der Waals surface area contributed by atoms with Crippen molar-refractivity contribution in [3.8, 4) is 5.75 Å². The number of nitrogens with one attached hydrogen (secondary N) is 1. The Balaban J connectivity index is 2.07. The lowest BCUT2D eigenvalue weighted by Gasteiger charge is -2.13. The summed E-state index contributed by atoms with van der Waals surface area (Å²) in [5, 5.41) is 11.5. The fourth-order valence-corrected chi connectivity index (χ4v) is 3.19. The van der Waals surface area contributed by atoms with Gasteiger partial charge < -0.3 is 15.2 Å². The highest BCUT2D eigenvalue weighted by Crippen LogP contribution is 2.25. The number of ether oxygens (including phenoxy) is 1. The Morgan fingerprint density at radius 1 is 1.26 bits per heavy atom. The number of hydrogen-bond donors (Lipinski definition) is 2. The lowest BCUT2D eigenvalue weighted by Crippen LogP contribution is -2.22. The van der Waals surface area contributed by atoms with Crippen molar-refractivity contribution in [1.82, 2.24) is 5.32 Å². The number of rotatable bonds is 6. The van der Waals surface area contributed by atoms with Gasteiger partial charge in [-0.2, -0.15) is 0 Å². The number of carboxylic acids is 1. The molecule has 0 aliphatic rings. The van der Waals surface area contributed by atoms with Crippen molar-refractivity contribution >= 4 is 34.8 Å². The minimum absolute atomic E-state index is 0.203. The predicted molar refractivity (Wildman–Crippen MR) is 89.5 cm³/mol. The Hall–Kier alpha value is -2.05. The minimum atomic E-state index is -1.04. The lowest BCUT2D eigenvalue weighted by atomic mass is 10.1. The zero-order valence-corrected chi connectivity index (χ0v) is 14.3. The molecular formula is C16H16ClNO4S. The van der Waals surface area contributed by atoms with Crippen molar-refractivity contribution < 1.29 is 19.4 Å². The van der Waals surface area contributed by atoms with Gasteiger partial charge in [-0.25, -0.2) is 4.79 Å². The van der Waals surface area contributed by atoms with Crippen molar-refractivity contribution in [2.45, 2.75) is 20.4 Å². The van der Waals surface area contributed by atoms with Crippen LogP contribution in [0.3, 0.4) is 0 Å². The van der Waals surface area contributed by atoms with Gasteiger partial charge in [0.15, 0.2) is 6.61 Å². The Kier molecular flexibility index (Phi) is 5.63. The summed E-state index contributed by atoms with van der Waals surface area (Å²) in [7, 11) is 0. The van der Waals surface area contributed by atoms with Gasteiger partial charge in [0.05, 0.1) is 10.9 Å². The summed E-state index contributed by atoms with van der Waals surface area (Å²) in [4.78, 5) is 23.8. The first-order valence-corrected chi connectivity index (χ1v) is 8.04. The molecule has 2 N–H and O–H groups in total. The van der Waals surface area contributed by atoms with Crippen molar-refractivity contribution in [3.05, 3.63) is 50.2 Å². The number of aryl methyl sites for hydroxylation is 2. The zero-order valence-electron chi connectivity index (χ0n) is 12.7. The number of hydrogen-bond acceptors (Lipinski definition) is 4. The monoisotopic (exact) mass is 353 g/mol. The highest BCUT2D eigenvalue weighted by Gasteiger charge is 2.13. The average molecular weight is 354 g/mol. The number of halogens is 1. The quantitative estimate of drug-likeness (QED) is 0.834. The van der Waals surface area contributed by atoms with Gasteiger partial charge in [0, 0.05) is 10.4 Å². The summed E-state index contributed by atoms with van der Waals surface area (Å²) in [6, 6.07) is 7.02. The first-order chi connectivity index (χ1) is 10.9. The second kappa shape index (κ2) is 7.48. The molecule has 23 heavy (non-hydrogen) atoms. The van der Waals surface area contributed by atoms with E-state index in [1.165, 1.54) is 11.3 Å². The molecule has 0 fully saturated rings. The molecule has 122 valence electrons. The molecule has 0 atom stereocenters. The van der Waals surface area contributed by atoms with E-state index in [1.54, 1.807) is 32.0 Å². The van der Waals surface area contributed by atoms with Crippen LogP contribution in [0.15, 0.2) is 24.3 Å². The highest BCUT2D eigenvalue weighted by molar-refractivity contribution is 7.16. The average Bonchev–Trinajstić information content (AvgIpc) is 2.89. The van der Waals surface area contributed by atoms with Gasteiger partial charge in [0.1, 0.15) is 5.75 Å². The maximum atomic E-state index is 12.2. The Labute approximate surface area is 142 Å². The number of carboxylic acid groups (broad SMARTS) is 1. The molecule has 7 heteroatoms. The first kappa shape index (κ1) is 17.3. The molecular weight excluding hydrogens is 338 g/mol. The molecule has 0 saturated heterocycles. The fourth-order valence-electron chi connectivity index (χ4n) is 2.16. The number of aliphatic carboxylic acids is 1. The smallest absolute Gasteiger partial charge is 0.341 e. The second-order valence-electron chi connectivity index (χ2n) is 5.01. The third-order valence-electron chi connectivity index (χ3n) is 3.11. The van der Waals surface area contributed by atoms with Crippen LogP contribution < -0.4 is 10.1 Å². The SMILES string of the molecule is Cc1cc(C(=O)NCc2ccc(Cl)s2)cc(C)c1OCC(=O)O. The maximum absolute atomic E-state index is 12.2. The lowest BCUT2D eigenvalue weighted by molar-refractivity contribution is -0.139. The van der Waals surface area contributed by atoms with E-state index in [2.05, 4.69) is 5.32 Å². The third-order valence-corrected chi connectivity index (χ3v) is 4.35. The minimum Gasteiger partial charge on any atom is -0.481 e. The molecule has 1 aromatic carbocycles. The number of benzene rings is 1. The van der Waals surface area contributed by atoms with Crippen LogP contribution >= 0.6 is 22.9 Å². The molecule has 1 amide bonds. The third kappa shape index (κ3) is 4.71. The molecule has 2 rings (SSSR count). The van der Waals surface area contributed by atoms with Crippen LogP contribution in [0, 0.1) is 13.8 Å². The normalized spacial score (nSPS) is 10.4. The van der Waals surface area contributed by atoms with E-state index in [0.29, 0.717) is 22.2 Å². The molecule has 5 nitrogen and oxygen atoms in total. The molecule has 2 aromatic rings. The van der Waals surface area contributed by atoms with E-state index < -0.39 is 12.6 Å². The molecule has 0 saturated carbocycles. The Morgan fingerprint density at radius 3 is 2.43 bits per heavy atom. The molecule has 0 aliphatic carbocycles. The van der Waals surface area contributed by atoms with E-state index in [0.717, 1.165) is 16.0 Å². The topological polar surface area (TPSA) is 75.6 Å². The van der Waals surface area contributed by atoms with Crippen LogP contribution in [0.25, 0.3) is 0 Å². The van der Waals surface area contributed by atoms with E-state index in [1.807, 2.05) is 6.07 Å². The molecule has 0 radical (unpaired) electrons. The van der Waals surface area contributed by atoms with Gasteiger partial charge in [0.2, 0.25) is 0 Å². The van der Waals surface area contributed by atoms with Crippen LogP contribution in [0.1, 0.15) is 26.4 Å². The Morgan fingerprint density at radius 2 is 1.91 bits per heavy atom. The molecule has 0 spiro atoms. The summed E-state index contributed by atoms with van der Waals surface area (Å²) in [6.07, 6.45) is 0. The highest BCUT2D eigenvalue weighted by atomic mass is 35.5.